The first-order valence-electron chi connectivity index (χ1n) is 9.03. The van der Waals surface area contributed by atoms with Crippen LogP contribution in [0.1, 0.15) is 51.5 Å². The van der Waals surface area contributed by atoms with Crippen LogP contribution in [0.25, 0.3) is 0 Å². The van der Waals surface area contributed by atoms with E-state index in [1.165, 1.54) is 7.11 Å². The van der Waals surface area contributed by atoms with Crippen molar-refractivity contribution >= 4 is 11.8 Å². The zero-order chi connectivity index (χ0) is 20.1. The number of hydrogen-bond donors (Lipinski definition) is 1. The van der Waals surface area contributed by atoms with Gasteiger partial charge in [0.25, 0.3) is 0 Å². The summed E-state index contributed by atoms with van der Waals surface area (Å²) in [6, 6.07) is 7.51. The monoisotopic (exact) mass is 372 g/mol. The quantitative estimate of drug-likeness (QED) is 0.567. The fourth-order valence-corrected chi connectivity index (χ4v) is 3.10. The molecule has 6 heteroatoms. The third kappa shape index (κ3) is 4.57. The van der Waals surface area contributed by atoms with Gasteiger partial charge in [0.15, 0.2) is 5.78 Å². The zero-order valence-electron chi connectivity index (χ0n) is 16.9. The van der Waals surface area contributed by atoms with E-state index in [4.69, 9.17) is 9.47 Å². The van der Waals surface area contributed by atoms with Gasteiger partial charge in [0.1, 0.15) is 5.75 Å². The third-order valence-corrected chi connectivity index (χ3v) is 4.78. The Labute approximate surface area is 160 Å². The third-order valence-electron chi connectivity index (χ3n) is 4.78. The van der Waals surface area contributed by atoms with E-state index in [2.05, 4.69) is 4.98 Å². The molecule has 0 aliphatic carbocycles. The molecule has 0 saturated carbocycles. The van der Waals surface area contributed by atoms with E-state index >= 15 is 0 Å². The van der Waals surface area contributed by atoms with Crippen LogP contribution < -0.4 is 4.74 Å². The Bertz CT molecular complexity index is 808. The van der Waals surface area contributed by atoms with E-state index in [1.807, 2.05) is 50.1 Å². The van der Waals surface area contributed by atoms with Gasteiger partial charge < -0.3 is 14.5 Å². The topological polar surface area (TPSA) is 71.6 Å². The lowest BCUT2D eigenvalue weighted by molar-refractivity contribution is 0.0599. The predicted octanol–water partition coefficient (Wildman–Crippen LogP) is 3.52. The first kappa shape index (κ1) is 20.7. The number of nitrogens with one attached hydrogen (secondary N) is 1. The Kier molecular flexibility index (Phi) is 6.80. The second-order valence-electron chi connectivity index (χ2n) is 6.65. The second-order valence-corrected chi connectivity index (χ2v) is 6.65. The molecule has 0 saturated heterocycles. The number of esters is 1. The highest BCUT2D eigenvalue weighted by atomic mass is 16.5. The maximum Gasteiger partial charge on any atom is 0.339 e. The van der Waals surface area contributed by atoms with Crippen LogP contribution in [0.2, 0.25) is 0 Å². The maximum atomic E-state index is 13.0. The van der Waals surface area contributed by atoms with Gasteiger partial charge in [-0.1, -0.05) is 12.1 Å². The van der Waals surface area contributed by atoms with E-state index in [1.54, 1.807) is 13.8 Å². The van der Waals surface area contributed by atoms with Crippen molar-refractivity contribution in [3.05, 3.63) is 52.3 Å². The number of aromatic amines is 1. The largest absolute Gasteiger partial charge is 0.494 e. The molecule has 1 atom stereocenters. The van der Waals surface area contributed by atoms with Crippen LogP contribution >= 0.6 is 0 Å². The number of rotatable bonds is 8. The Balaban J connectivity index is 2.13. The van der Waals surface area contributed by atoms with Gasteiger partial charge in [-0.05, 0) is 58.0 Å². The SMILES string of the molecule is CCOc1ccc(CN(C)[C@H](C)C(=O)c2[nH]c(C)c(C(=O)OC)c2C)cc1. The van der Waals surface area contributed by atoms with Crippen molar-refractivity contribution in [3.63, 3.8) is 0 Å². The minimum absolute atomic E-state index is 0.0563. The number of ketones is 1. The minimum Gasteiger partial charge on any atom is -0.494 e. The molecule has 1 aromatic carbocycles. The summed E-state index contributed by atoms with van der Waals surface area (Å²) in [5, 5.41) is 0. The molecule has 1 heterocycles. The summed E-state index contributed by atoms with van der Waals surface area (Å²) >= 11 is 0. The molecule has 0 unspecified atom stereocenters. The lowest BCUT2D eigenvalue weighted by atomic mass is 10.0. The van der Waals surface area contributed by atoms with Gasteiger partial charge in [-0.2, -0.15) is 0 Å². The van der Waals surface area contributed by atoms with Crippen molar-refractivity contribution in [3.8, 4) is 5.75 Å². The standard InChI is InChI=1S/C21H28N2O4/c1-7-27-17-10-8-16(9-11-17)12-23(5)15(4)20(24)19-13(2)18(14(3)22-19)21(25)26-6/h8-11,15,22H,7,12H2,1-6H3/t15-/m1/s1. The van der Waals surface area contributed by atoms with E-state index in [0.717, 1.165) is 11.3 Å². The molecule has 0 bridgehead atoms. The Morgan fingerprint density at radius 1 is 1.19 bits per heavy atom. The lowest BCUT2D eigenvalue weighted by Gasteiger charge is -2.23. The number of carbonyl (C=O) groups is 2. The van der Waals surface area contributed by atoms with Crippen LogP contribution in [0, 0.1) is 13.8 Å². The number of nitrogens with zero attached hydrogens (tertiary/aromatic N) is 1. The fourth-order valence-electron chi connectivity index (χ4n) is 3.10. The first-order chi connectivity index (χ1) is 12.8. The normalized spacial score (nSPS) is 12.1. The molecule has 0 aliphatic heterocycles. The van der Waals surface area contributed by atoms with Crippen molar-refractivity contribution in [2.24, 2.45) is 0 Å². The highest BCUT2D eigenvalue weighted by Gasteiger charge is 2.27. The summed E-state index contributed by atoms with van der Waals surface area (Å²) in [5.41, 5.74) is 3.26. The molecule has 1 aromatic heterocycles. The summed E-state index contributed by atoms with van der Waals surface area (Å²) in [6.07, 6.45) is 0. The minimum atomic E-state index is -0.435. The van der Waals surface area contributed by atoms with Crippen molar-refractivity contribution < 1.29 is 19.1 Å². The Hall–Kier alpha value is -2.60. The zero-order valence-corrected chi connectivity index (χ0v) is 16.9. The highest BCUT2D eigenvalue weighted by molar-refractivity contribution is 6.03. The van der Waals surface area contributed by atoms with E-state index in [0.29, 0.717) is 35.7 Å². The summed E-state index contributed by atoms with van der Waals surface area (Å²) in [6.45, 7) is 8.61. The average Bonchev–Trinajstić information content (AvgIpc) is 2.96. The van der Waals surface area contributed by atoms with Gasteiger partial charge in [0.05, 0.1) is 31.0 Å². The van der Waals surface area contributed by atoms with Crippen LogP contribution in [-0.4, -0.2) is 48.4 Å². The van der Waals surface area contributed by atoms with Crippen molar-refractivity contribution in [2.45, 2.75) is 40.3 Å². The maximum absolute atomic E-state index is 13.0. The van der Waals surface area contributed by atoms with Gasteiger partial charge in [-0.3, -0.25) is 9.69 Å². The number of likely N-dealkylation sites (N-methyl/N-ethyl adjacent to an activating group) is 1. The average molecular weight is 372 g/mol. The molecular weight excluding hydrogens is 344 g/mol. The number of methoxy groups -OCH3 is 1. The molecule has 146 valence electrons. The van der Waals surface area contributed by atoms with Crippen LogP contribution in [0.4, 0.5) is 0 Å². The molecule has 6 nitrogen and oxygen atoms in total. The molecule has 0 fully saturated rings. The van der Waals surface area contributed by atoms with E-state index < -0.39 is 5.97 Å². The predicted molar refractivity (Wildman–Crippen MR) is 104 cm³/mol. The number of Topliss-reactive ketones (excluding diaryl/α,β-unsaturated/α-hetero) is 1. The van der Waals surface area contributed by atoms with Gasteiger partial charge >= 0.3 is 5.97 Å². The number of ether oxygens (including phenoxy) is 2. The first-order valence-corrected chi connectivity index (χ1v) is 9.03. The van der Waals surface area contributed by atoms with Gasteiger partial charge in [-0.15, -0.1) is 0 Å². The number of hydrogen-bond acceptors (Lipinski definition) is 5. The van der Waals surface area contributed by atoms with Crippen LogP contribution in [-0.2, 0) is 11.3 Å². The number of aromatic nitrogens is 1. The van der Waals surface area contributed by atoms with Gasteiger partial charge in [-0.25, -0.2) is 4.79 Å². The van der Waals surface area contributed by atoms with E-state index in [9.17, 15) is 9.59 Å². The number of aryl methyl sites for hydroxylation is 1. The molecular formula is C21H28N2O4. The number of H-pyrrole nitrogens is 1. The summed E-state index contributed by atoms with van der Waals surface area (Å²) < 4.78 is 10.3. The van der Waals surface area contributed by atoms with E-state index in [-0.39, 0.29) is 11.8 Å². The Morgan fingerprint density at radius 3 is 2.37 bits per heavy atom. The highest BCUT2D eigenvalue weighted by Crippen LogP contribution is 2.22. The van der Waals surface area contributed by atoms with Crippen molar-refractivity contribution in [1.82, 2.24) is 9.88 Å². The second kappa shape index (κ2) is 8.86. The van der Waals surface area contributed by atoms with Crippen LogP contribution in [0.3, 0.4) is 0 Å². The molecule has 0 spiro atoms. The molecule has 2 rings (SSSR count). The molecule has 0 aliphatic rings. The summed E-state index contributed by atoms with van der Waals surface area (Å²) in [4.78, 5) is 29.9. The van der Waals surface area contributed by atoms with Gasteiger partial charge in [0, 0.05) is 12.2 Å². The van der Waals surface area contributed by atoms with Crippen LogP contribution in [0.15, 0.2) is 24.3 Å². The fraction of sp³-hybridized carbons (Fsp3) is 0.429. The van der Waals surface area contributed by atoms with Crippen molar-refractivity contribution in [1.29, 1.82) is 0 Å². The summed E-state index contributed by atoms with van der Waals surface area (Å²) in [5.74, 6) is 0.343. The van der Waals surface area contributed by atoms with Gasteiger partial charge in [0.2, 0.25) is 0 Å². The smallest absolute Gasteiger partial charge is 0.339 e. The molecule has 1 N–H and O–H groups in total. The Morgan fingerprint density at radius 2 is 1.81 bits per heavy atom. The number of benzene rings is 1. The summed E-state index contributed by atoms with van der Waals surface area (Å²) in [7, 11) is 3.24. The van der Waals surface area contributed by atoms with Crippen LogP contribution in [0.5, 0.6) is 5.75 Å². The molecule has 27 heavy (non-hydrogen) atoms. The lowest BCUT2D eigenvalue weighted by Crippen LogP contribution is -2.36. The molecule has 0 radical (unpaired) electrons. The molecule has 2 aromatic rings. The molecule has 0 amide bonds. The van der Waals surface area contributed by atoms with Crippen molar-refractivity contribution in [2.75, 3.05) is 20.8 Å². The number of carbonyl (C=O) groups excluding carboxylic acids is 2.